The van der Waals surface area contributed by atoms with Gasteiger partial charge >= 0.3 is 0 Å². The molecule has 5 heteroatoms. The molecule has 15 heavy (non-hydrogen) atoms. The molecule has 1 unspecified atom stereocenters. The van der Waals surface area contributed by atoms with Crippen molar-refractivity contribution in [2.75, 3.05) is 30.4 Å². The summed E-state index contributed by atoms with van der Waals surface area (Å²) in [5.41, 5.74) is 0. The molecule has 2 rings (SSSR count). The maximum absolute atomic E-state index is 9.22. The average Bonchev–Trinajstić information content (AvgIpc) is 2.77. The molecule has 0 radical (unpaired) electrons. The van der Waals surface area contributed by atoms with Crippen LogP contribution in [-0.2, 0) is 0 Å². The van der Waals surface area contributed by atoms with Gasteiger partial charge in [-0.3, -0.25) is 0 Å². The predicted octanol–water partition coefficient (Wildman–Crippen LogP) is 0.479. The van der Waals surface area contributed by atoms with Crippen molar-refractivity contribution in [1.82, 2.24) is 9.97 Å². The zero-order chi connectivity index (χ0) is 10.7. The molecule has 0 spiro atoms. The first kappa shape index (κ1) is 10.2. The monoisotopic (exact) mass is 208 g/mol. The Bertz CT molecular complexity index is 331. The summed E-state index contributed by atoms with van der Waals surface area (Å²) in [4.78, 5) is 10.6. The minimum atomic E-state index is 0.193. The van der Waals surface area contributed by atoms with E-state index in [1.807, 2.05) is 6.07 Å². The van der Waals surface area contributed by atoms with E-state index in [-0.39, 0.29) is 12.6 Å². The number of nitrogens with zero attached hydrogens (tertiary/aromatic N) is 3. The molecule has 2 heterocycles. The molecule has 5 nitrogen and oxygen atoms in total. The van der Waals surface area contributed by atoms with Crippen molar-refractivity contribution < 1.29 is 5.11 Å². The highest BCUT2D eigenvalue weighted by Crippen LogP contribution is 2.23. The van der Waals surface area contributed by atoms with Gasteiger partial charge in [-0.05, 0) is 18.9 Å². The lowest BCUT2D eigenvalue weighted by atomic mass is 10.2. The van der Waals surface area contributed by atoms with Crippen molar-refractivity contribution in [2.45, 2.75) is 18.9 Å². The molecule has 1 atom stereocenters. The third kappa shape index (κ3) is 2.02. The van der Waals surface area contributed by atoms with Crippen LogP contribution in [0.2, 0.25) is 0 Å². The van der Waals surface area contributed by atoms with E-state index >= 15 is 0 Å². The Morgan fingerprint density at radius 2 is 2.53 bits per heavy atom. The summed E-state index contributed by atoms with van der Waals surface area (Å²) < 4.78 is 0. The zero-order valence-electron chi connectivity index (χ0n) is 8.85. The zero-order valence-corrected chi connectivity index (χ0v) is 8.85. The summed E-state index contributed by atoms with van der Waals surface area (Å²) in [5.74, 6) is 1.52. The molecule has 1 saturated heterocycles. The number of hydrogen-bond acceptors (Lipinski definition) is 5. The molecule has 2 N–H and O–H groups in total. The van der Waals surface area contributed by atoms with Gasteiger partial charge < -0.3 is 15.3 Å². The lowest BCUT2D eigenvalue weighted by Gasteiger charge is -2.24. The van der Waals surface area contributed by atoms with E-state index in [9.17, 15) is 5.11 Å². The third-order valence-electron chi connectivity index (χ3n) is 2.75. The van der Waals surface area contributed by atoms with Gasteiger partial charge in [-0.25, -0.2) is 4.98 Å². The van der Waals surface area contributed by atoms with E-state index in [0.29, 0.717) is 5.95 Å². The summed E-state index contributed by atoms with van der Waals surface area (Å²) in [6.07, 6.45) is 3.89. The number of hydrogen-bond donors (Lipinski definition) is 2. The second-order valence-electron chi connectivity index (χ2n) is 3.66. The first-order chi connectivity index (χ1) is 7.35. The van der Waals surface area contributed by atoms with E-state index in [1.165, 1.54) is 0 Å². The largest absolute Gasteiger partial charge is 0.394 e. The van der Waals surface area contributed by atoms with Crippen LogP contribution in [0, 0.1) is 0 Å². The Kier molecular flexibility index (Phi) is 3.01. The highest BCUT2D eigenvalue weighted by atomic mass is 16.3. The second kappa shape index (κ2) is 4.44. The fourth-order valence-corrected chi connectivity index (χ4v) is 1.96. The molecule has 0 bridgehead atoms. The van der Waals surface area contributed by atoms with E-state index in [4.69, 9.17) is 0 Å². The topological polar surface area (TPSA) is 61.3 Å². The summed E-state index contributed by atoms with van der Waals surface area (Å²) in [6, 6.07) is 2.10. The van der Waals surface area contributed by atoms with Crippen molar-refractivity contribution in [3.63, 3.8) is 0 Å². The van der Waals surface area contributed by atoms with Crippen LogP contribution < -0.4 is 10.2 Å². The highest BCUT2D eigenvalue weighted by molar-refractivity contribution is 5.44. The van der Waals surface area contributed by atoms with Gasteiger partial charge in [0.25, 0.3) is 0 Å². The highest BCUT2D eigenvalue weighted by Gasteiger charge is 2.24. The number of aliphatic hydroxyl groups excluding tert-OH is 1. The van der Waals surface area contributed by atoms with E-state index in [1.54, 1.807) is 13.2 Å². The quantitative estimate of drug-likeness (QED) is 0.756. The molecular formula is C10H16N4O. The van der Waals surface area contributed by atoms with Crippen molar-refractivity contribution >= 4 is 11.8 Å². The van der Waals surface area contributed by atoms with Crippen LogP contribution in [0.25, 0.3) is 0 Å². The molecular weight excluding hydrogens is 192 g/mol. The Hall–Kier alpha value is -1.36. The van der Waals surface area contributed by atoms with Crippen LogP contribution in [0.1, 0.15) is 12.8 Å². The Balaban J connectivity index is 2.20. The fourth-order valence-electron chi connectivity index (χ4n) is 1.96. The molecule has 1 fully saturated rings. The first-order valence-electron chi connectivity index (χ1n) is 5.23. The summed E-state index contributed by atoms with van der Waals surface area (Å²) in [6.45, 7) is 1.16. The third-order valence-corrected chi connectivity index (χ3v) is 2.75. The molecule has 82 valence electrons. The summed E-state index contributed by atoms with van der Waals surface area (Å²) in [5, 5.41) is 12.1. The Morgan fingerprint density at radius 1 is 1.67 bits per heavy atom. The van der Waals surface area contributed by atoms with E-state index in [0.717, 1.165) is 25.2 Å². The van der Waals surface area contributed by atoms with E-state index in [2.05, 4.69) is 20.2 Å². The number of aromatic nitrogens is 2. The van der Waals surface area contributed by atoms with Crippen LogP contribution in [0.3, 0.4) is 0 Å². The van der Waals surface area contributed by atoms with Crippen molar-refractivity contribution in [1.29, 1.82) is 0 Å². The number of rotatable bonds is 3. The molecule has 0 saturated carbocycles. The van der Waals surface area contributed by atoms with Crippen LogP contribution in [0.4, 0.5) is 11.8 Å². The maximum Gasteiger partial charge on any atom is 0.224 e. The normalized spacial score (nSPS) is 20.7. The molecule has 1 aliphatic rings. The van der Waals surface area contributed by atoms with Crippen LogP contribution >= 0.6 is 0 Å². The fraction of sp³-hybridized carbons (Fsp3) is 0.600. The van der Waals surface area contributed by atoms with E-state index < -0.39 is 0 Å². The smallest absolute Gasteiger partial charge is 0.224 e. The van der Waals surface area contributed by atoms with Gasteiger partial charge in [-0.1, -0.05) is 0 Å². The Labute approximate surface area is 89.2 Å². The molecule has 0 amide bonds. The van der Waals surface area contributed by atoms with Crippen LogP contribution in [0.15, 0.2) is 12.3 Å². The summed E-state index contributed by atoms with van der Waals surface area (Å²) >= 11 is 0. The van der Waals surface area contributed by atoms with Gasteiger partial charge in [0.15, 0.2) is 0 Å². The SMILES string of the molecule is CNc1nccc(N2CCCC2CO)n1. The molecule has 0 aromatic carbocycles. The standard InChI is InChI=1S/C10H16N4O/c1-11-10-12-5-4-9(13-10)14-6-2-3-8(14)7-15/h4-5,8,15H,2-3,6-7H2,1H3,(H,11,12,13). The maximum atomic E-state index is 9.22. The minimum Gasteiger partial charge on any atom is -0.394 e. The van der Waals surface area contributed by atoms with Gasteiger partial charge in [0.2, 0.25) is 5.95 Å². The molecule has 1 aromatic heterocycles. The number of aliphatic hydroxyl groups is 1. The molecule has 0 aliphatic carbocycles. The van der Waals surface area contributed by atoms with Gasteiger partial charge in [-0.2, -0.15) is 4.98 Å². The number of anilines is 2. The molecule has 1 aliphatic heterocycles. The lowest BCUT2D eigenvalue weighted by molar-refractivity contribution is 0.266. The first-order valence-corrected chi connectivity index (χ1v) is 5.23. The van der Waals surface area contributed by atoms with Crippen molar-refractivity contribution in [3.05, 3.63) is 12.3 Å². The van der Waals surface area contributed by atoms with Gasteiger partial charge in [0, 0.05) is 19.8 Å². The van der Waals surface area contributed by atoms with Crippen molar-refractivity contribution in [2.24, 2.45) is 0 Å². The Morgan fingerprint density at radius 3 is 3.27 bits per heavy atom. The number of nitrogens with one attached hydrogen (secondary N) is 1. The lowest BCUT2D eigenvalue weighted by Crippen LogP contribution is -2.32. The van der Waals surface area contributed by atoms with Gasteiger partial charge in [0.05, 0.1) is 12.6 Å². The summed E-state index contributed by atoms with van der Waals surface area (Å²) in [7, 11) is 1.80. The predicted molar refractivity (Wildman–Crippen MR) is 59.0 cm³/mol. The van der Waals surface area contributed by atoms with Gasteiger partial charge in [-0.15, -0.1) is 0 Å². The van der Waals surface area contributed by atoms with Crippen LogP contribution in [0.5, 0.6) is 0 Å². The average molecular weight is 208 g/mol. The molecule has 1 aromatic rings. The minimum absolute atomic E-state index is 0.193. The van der Waals surface area contributed by atoms with Crippen molar-refractivity contribution in [3.8, 4) is 0 Å². The van der Waals surface area contributed by atoms with Crippen LogP contribution in [-0.4, -0.2) is 41.3 Å². The van der Waals surface area contributed by atoms with Gasteiger partial charge in [0.1, 0.15) is 5.82 Å². The second-order valence-corrected chi connectivity index (χ2v) is 3.66.